The van der Waals surface area contributed by atoms with Crippen molar-refractivity contribution in [3.8, 4) is 0 Å². The second kappa shape index (κ2) is 8.14. The number of aromatic nitrogens is 1. The summed E-state index contributed by atoms with van der Waals surface area (Å²) < 4.78 is 0. The predicted octanol–water partition coefficient (Wildman–Crippen LogP) is 2.39. The number of carbonyl (C=O) groups excluding carboxylic acids is 1. The summed E-state index contributed by atoms with van der Waals surface area (Å²) in [5.74, 6) is 0.821. The molecule has 1 aromatic carbocycles. The second-order valence-electron chi connectivity index (χ2n) is 5.40. The lowest BCUT2D eigenvalue weighted by atomic mass is 10.1. The highest BCUT2D eigenvalue weighted by atomic mass is 16.3. The molecular weight excluding hydrogens is 292 g/mol. The van der Waals surface area contributed by atoms with Crippen molar-refractivity contribution in [3.63, 3.8) is 0 Å². The SMILES string of the molecule is CN(C)c1ccc(NC(=O)NCCC(O)c2ccccc2)cn1. The molecule has 0 bridgehead atoms. The number of nitrogens with zero attached hydrogens (tertiary/aromatic N) is 2. The topological polar surface area (TPSA) is 77.5 Å². The average Bonchev–Trinajstić information content (AvgIpc) is 2.56. The van der Waals surface area contributed by atoms with Crippen LogP contribution in [0, 0.1) is 0 Å². The number of urea groups is 1. The number of aliphatic hydroxyl groups excluding tert-OH is 1. The smallest absolute Gasteiger partial charge is 0.319 e. The molecule has 2 rings (SSSR count). The van der Waals surface area contributed by atoms with Crippen LogP contribution in [0.15, 0.2) is 48.7 Å². The van der Waals surface area contributed by atoms with Crippen molar-refractivity contribution < 1.29 is 9.90 Å². The van der Waals surface area contributed by atoms with Crippen LogP contribution < -0.4 is 15.5 Å². The number of nitrogens with one attached hydrogen (secondary N) is 2. The van der Waals surface area contributed by atoms with Crippen LogP contribution in [0.1, 0.15) is 18.1 Å². The Bertz CT molecular complexity index is 614. The van der Waals surface area contributed by atoms with Crippen LogP contribution in [-0.4, -0.2) is 36.8 Å². The molecule has 0 saturated carbocycles. The van der Waals surface area contributed by atoms with Crippen molar-refractivity contribution in [1.82, 2.24) is 10.3 Å². The third kappa shape index (κ3) is 5.27. The highest BCUT2D eigenvalue weighted by Gasteiger charge is 2.08. The molecule has 0 aliphatic heterocycles. The van der Waals surface area contributed by atoms with Crippen LogP contribution in [0.25, 0.3) is 0 Å². The lowest BCUT2D eigenvalue weighted by Gasteiger charge is -2.13. The van der Waals surface area contributed by atoms with Crippen molar-refractivity contribution in [3.05, 3.63) is 54.2 Å². The van der Waals surface area contributed by atoms with E-state index in [9.17, 15) is 9.90 Å². The molecule has 1 heterocycles. The Kier molecular flexibility index (Phi) is 5.94. The number of hydrogen-bond donors (Lipinski definition) is 3. The molecular formula is C17H22N4O2. The largest absolute Gasteiger partial charge is 0.388 e. The van der Waals surface area contributed by atoms with E-state index in [1.165, 1.54) is 0 Å². The third-order valence-corrected chi connectivity index (χ3v) is 3.35. The number of rotatable bonds is 6. The van der Waals surface area contributed by atoms with Gasteiger partial charge in [0.1, 0.15) is 5.82 Å². The minimum Gasteiger partial charge on any atom is -0.388 e. The zero-order chi connectivity index (χ0) is 16.7. The minimum absolute atomic E-state index is 0.315. The van der Waals surface area contributed by atoms with Gasteiger partial charge < -0.3 is 20.6 Å². The van der Waals surface area contributed by atoms with E-state index in [-0.39, 0.29) is 6.03 Å². The molecule has 1 aromatic heterocycles. The summed E-state index contributed by atoms with van der Waals surface area (Å²) in [6.45, 7) is 0.380. The summed E-state index contributed by atoms with van der Waals surface area (Å²) in [7, 11) is 3.81. The predicted molar refractivity (Wildman–Crippen MR) is 91.6 cm³/mol. The van der Waals surface area contributed by atoms with Gasteiger partial charge in [0.15, 0.2) is 0 Å². The van der Waals surface area contributed by atoms with E-state index in [0.29, 0.717) is 18.7 Å². The van der Waals surface area contributed by atoms with Gasteiger partial charge in [-0.1, -0.05) is 30.3 Å². The Morgan fingerprint density at radius 1 is 1.22 bits per heavy atom. The zero-order valence-electron chi connectivity index (χ0n) is 13.4. The molecule has 2 amide bonds. The van der Waals surface area contributed by atoms with Crippen molar-refractivity contribution in [2.45, 2.75) is 12.5 Å². The average molecular weight is 314 g/mol. The number of anilines is 2. The molecule has 1 unspecified atom stereocenters. The fourth-order valence-corrected chi connectivity index (χ4v) is 2.06. The Morgan fingerprint density at radius 2 is 1.96 bits per heavy atom. The molecule has 3 N–H and O–H groups in total. The highest BCUT2D eigenvalue weighted by Crippen LogP contribution is 2.15. The van der Waals surface area contributed by atoms with E-state index in [2.05, 4.69) is 15.6 Å². The Balaban J connectivity index is 1.75. The molecule has 0 spiro atoms. The van der Waals surface area contributed by atoms with Gasteiger partial charge in [0, 0.05) is 20.6 Å². The number of aliphatic hydroxyl groups is 1. The van der Waals surface area contributed by atoms with Crippen LogP contribution in [0.3, 0.4) is 0 Å². The summed E-state index contributed by atoms with van der Waals surface area (Å²) in [6.07, 6.45) is 1.47. The summed E-state index contributed by atoms with van der Waals surface area (Å²) in [6, 6.07) is 12.7. The first-order chi connectivity index (χ1) is 11.1. The molecule has 6 heteroatoms. The molecule has 0 radical (unpaired) electrons. The number of carbonyl (C=O) groups is 1. The van der Waals surface area contributed by atoms with Gasteiger partial charge in [-0.25, -0.2) is 9.78 Å². The summed E-state index contributed by atoms with van der Waals surface area (Å²) in [5.41, 5.74) is 1.47. The lowest BCUT2D eigenvalue weighted by Crippen LogP contribution is -2.30. The second-order valence-corrected chi connectivity index (χ2v) is 5.40. The van der Waals surface area contributed by atoms with Gasteiger partial charge in [0.05, 0.1) is 18.0 Å². The molecule has 122 valence electrons. The number of hydrogen-bond acceptors (Lipinski definition) is 4. The first-order valence-electron chi connectivity index (χ1n) is 7.47. The Hall–Kier alpha value is -2.60. The molecule has 23 heavy (non-hydrogen) atoms. The van der Waals surface area contributed by atoms with Gasteiger partial charge >= 0.3 is 6.03 Å². The van der Waals surface area contributed by atoms with Gasteiger partial charge in [-0.15, -0.1) is 0 Å². The fraction of sp³-hybridized carbons (Fsp3) is 0.294. The number of benzene rings is 1. The van der Waals surface area contributed by atoms with Crippen LogP contribution in [0.5, 0.6) is 0 Å². The normalized spacial score (nSPS) is 11.6. The first-order valence-corrected chi connectivity index (χ1v) is 7.47. The van der Waals surface area contributed by atoms with Gasteiger partial charge in [-0.05, 0) is 24.1 Å². The van der Waals surface area contributed by atoms with Gasteiger partial charge in [0.2, 0.25) is 0 Å². The quantitative estimate of drug-likeness (QED) is 0.765. The molecule has 0 fully saturated rings. The highest BCUT2D eigenvalue weighted by molar-refractivity contribution is 5.89. The maximum atomic E-state index is 11.8. The van der Waals surface area contributed by atoms with Gasteiger partial charge in [-0.3, -0.25) is 0 Å². The van der Waals surface area contributed by atoms with Crippen LogP contribution >= 0.6 is 0 Å². The van der Waals surface area contributed by atoms with E-state index in [0.717, 1.165) is 11.4 Å². The maximum absolute atomic E-state index is 11.8. The fourth-order valence-electron chi connectivity index (χ4n) is 2.06. The summed E-state index contributed by atoms with van der Waals surface area (Å²) in [5, 5.41) is 15.4. The molecule has 0 aliphatic rings. The van der Waals surface area contributed by atoms with Crippen molar-refractivity contribution >= 4 is 17.5 Å². The standard InChI is InChI=1S/C17H22N4O2/c1-21(2)16-9-8-14(12-19-16)20-17(23)18-11-10-15(22)13-6-4-3-5-7-13/h3-9,12,15,22H,10-11H2,1-2H3,(H2,18,20,23). The third-order valence-electron chi connectivity index (χ3n) is 3.35. The van der Waals surface area contributed by atoms with Gasteiger partial charge in [-0.2, -0.15) is 0 Å². The zero-order valence-corrected chi connectivity index (χ0v) is 13.4. The van der Waals surface area contributed by atoms with E-state index in [1.54, 1.807) is 12.3 Å². The van der Waals surface area contributed by atoms with Gasteiger partial charge in [0.25, 0.3) is 0 Å². The van der Waals surface area contributed by atoms with E-state index in [1.807, 2.05) is 55.4 Å². The van der Waals surface area contributed by atoms with Crippen LogP contribution in [0.4, 0.5) is 16.3 Å². The van der Waals surface area contributed by atoms with E-state index >= 15 is 0 Å². The Labute approximate surface area is 136 Å². The van der Waals surface area contributed by atoms with Crippen LogP contribution in [0.2, 0.25) is 0 Å². The number of pyridine rings is 1. The van der Waals surface area contributed by atoms with Crippen molar-refractivity contribution in [2.75, 3.05) is 30.9 Å². The maximum Gasteiger partial charge on any atom is 0.319 e. The molecule has 2 aromatic rings. The summed E-state index contributed by atoms with van der Waals surface area (Å²) >= 11 is 0. The van der Waals surface area contributed by atoms with Crippen LogP contribution in [-0.2, 0) is 0 Å². The van der Waals surface area contributed by atoms with Crippen molar-refractivity contribution in [1.29, 1.82) is 0 Å². The number of amides is 2. The van der Waals surface area contributed by atoms with E-state index < -0.39 is 6.10 Å². The van der Waals surface area contributed by atoms with E-state index in [4.69, 9.17) is 0 Å². The van der Waals surface area contributed by atoms with Crippen molar-refractivity contribution in [2.24, 2.45) is 0 Å². The molecule has 6 nitrogen and oxygen atoms in total. The first kappa shape index (κ1) is 16.8. The molecule has 0 saturated heterocycles. The lowest BCUT2D eigenvalue weighted by molar-refractivity contribution is 0.167. The Morgan fingerprint density at radius 3 is 2.57 bits per heavy atom. The summed E-state index contributed by atoms with van der Waals surface area (Å²) in [4.78, 5) is 17.9. The minimum atomic E-state index is -0.586. The monoisotopic (exact) mass is 314 g/mol. The molecule has 1 atom stereocenters. The molecule has 0 aliphatic carbocycles.